The summed E-state index contributed by atoms with van der Waals surface area (Å²) in [4.78, 5) is 28.2. The van der Waals surface area contributed by atoms with E-state index in [0.717, 1.165) is 18.4 Å². The smallest absolute Gasteiger partial charge is 0.308 e. The van der Waals surface area contributed by atoms with Crippen LogP contribution >= 0.6 is 0 Å². The summed E-state index contributed by atoms with van der Waals surface area (Å²) < 4.78 is 5.38. The summed E-state index contributed by atoms with van der Waals surface area (Å²) >= 11 is 0. The van der Waals surface area contributed by atoms with E-state index < -0.39 is 23.3 Å². The van der Waals surface area contributed by atoms with Crippen molar-refractivity contribution in [2.45, 2.75) is 38.1 Å². The molecule has 1 amide bonds. The van der Waals surface area contributed by atoms with Gasteiger partial charge < -0.3 is 14.8 Å². The molecule has 1 saturated carbocycles. The molecule has 2 N–H and O–H groups in total. The maximum Gasteiger partial charge on any atom is 0.308 e. The third kappa shape index (κ3) is 3.18. The van der Waals surface area contributed by atoms with Crippen molar-refractivity contribution in [2.75, 3.05) is 0 Å². The first-order chi connectivity index (χ1) is 11.5. The average Bonchev–Trinajstić information content (AvgIpc) is 3.05. The lowest BCUT2D eigenvalue weighted by Crippen LogP contribution is -2.55. The quantitative estimate of drug-likeness (QED) is 0.899. The number of aliphatic carboxylic acids is 1. The molecule has 1 aliphatic rings. The van der Waals surface area contributed by atoms with E-state index in [2.05, 4.69) is 10.3 Å². The Morgan fingerprint density at radius 1 is 1.29 bits per heavy atom. The molecule has 0 saturated heterocycles. The monoisotopic (exact) mass is 328 g/mol. The normalized spacial score (nSPS) is 23.6. The number of amides is 1. The highest BCUT2D eigenvalue weighted by Crippen LogP contribution is 2.34. The molecular weight excluding hydrogens is 308 g/mol. The molecule has 0 spiro atoms. The summed E-state index contributed by atoms with van der Waals surface area (Å²) in [5, 5.41) is 12.3. The Kier molecular flexibility index (Phi) is 4.38. The van der Waals surface area contributed by atoms with Crippen LogP contribution in [0.15, 0.2) is 41.0 Å². The van der Waals surface area contributed by atoms with E-state index in [-0.39, 0.29) is 5.69 Å². The Morgan fingerprint density at radius 3 is 2.75 bits per heavy atom. The van der Waals surface area contributed by atoms with Crippen molar-refractivity contribution < 1.29 is 19.1 Å². The van der Waals surface area contributed by atoms with E-state index in [1.54, 1.807) is 6.92 Å². The summed E-state index contributed by atoms with van der Waals surface area (Å²) in [6.07, 6.45) is 4.28. The lowest BCUT2D eigenvalue weighted by Gasteiger charge is -2.39. The molecule has 6 nitrogen and oxygen atoms in total. The number of carboxylic acids is 1. The molecule has 0 bridgehead atoms. The average molecular weight is 328 g/mol. The predicted molar refractivity (Wildman–Crippen MR) is 87.4 cm³/mol. The van der Waals surface area contributed by atoms with Gasteiger partial charge in [-0.25, -0.2) is 4.98 Å². The molecule has 2 aromatic rings. The van der Waals surface area contributed by atoms with Gasteiger partial charge in [0.1, 0.15) is 6.26 Å². The zero-order valence-electron chi connectivity index (χ0n) is 13.5. The first-order valence-electron chi connectivity index (χ1n) is 8.06. The number of nitrogens with one attached hydrogen (secondary N) is 1. The van der Waals surface area contributed by atoms with Crippen LogP contribution in [0.3, 0.4) is 0 Å². The van der Waals surface area contributed by atoms with Crippen molar-refractivity contribution in [3.63, 3.8) is 0 Å². The molecule has 1 heterocycles. The molecule has 2 atom stereocenters. The fourth-order valence-electron chi connectivity index (χ4n) is 3.29. The van der Waals surface area contributed by atoms with Crippen molar-refractivity contribution in [3.8, 4) is 11.5 Å². The molecule has 24 heavy (non-hydrogen) atoms. The SMILES string of the molecule is CC1(NC(=O)c2coc(-c3ccccc3)n2)CCCCC1C(=O)O. The Hall–Kier alpha value is -2.63. The number of carbonyl (C=O) groups is 2. The van der Waals surface area contributed by atoms with Gasteiger partial charge in [-0.3, -0.25) is 9.59 Å². The van der Waals surface area contributed by atoms with Crippen LogP contribution in [0.2, 0.25) is 0 Å². The number of oxazole rings is 1. The highest BCUT2D eigenvalue weighted by atomic mass is 16.4. The number of benzene rings is 1. The van der Waals surface area contributed by atoms with Crippen molar-refractivity contribution >= 4 is 11.9 Å². The van der Waals surface area contributed by atoms with E-state index in [0.29, 0.717) is 18.7 Å². The van der Waals surface area contributed by atoms with Gasteiger partial charge in [0.25, 0.3) is 5.91 Å². The number of carboxylic acid groups (broad SMARTS) is 1. The lowest BCUT2D eigenvalue weighted by atomic mass is 9.74. The van der Waals surface area contributed by atoms with Gasteiger partial charge in [-0.2, -0.15) is 0 Å². The van der Waals surface area contributed by atoms with Crippen molar-refractivity contribution in [3.05, 3.63) is 42.3 Å². The minimum atomic E-state index is -0.873. The summed E-state index contributed by atoms with van der Waals surface area (Å²) in [6, 6.07) is 9.29. The predicted octanol–water partition coefficient (Wildman–Crippen LogP) is 3.10. The number of rotatable bonds is 4. The second kappa shape index (κ2) is 6.47. The standard InChI is InChI=1S/C18H20N2O4/c1-18(10-6-5-9-13(18)17(22)23)20-15(21)14-11-24-16(19-14)12-7-3-2-4-8-12/h2-4,7-8,11,13H,5-6,9-10H2,1H3,(H,20,21)(H,22,23). The van der Waals surface area contributed by atoms with Crippen LogP contribution in [0, 0.1) is 5.92 Å². The van der Waals surface area contributed by atoms with Crippen molar-refractivity contribution in [1.29, 1.82) is 0 Å². The molecule has 2 unspecified atom stereocenters. The number of hydrogen-bond donors (Lipinski definition) is 2. The van der Waals surface area contributed by atoms with E-state index in [1.165, 1.54) is 6.26 Å². The van der Waals surface area contributed by atoms with Crippen LogP contribution in [-0.4, -0.2) is 27.5 Å². The second-order valence-electron chi connectivity index (χ2n) is 6.41. The zero-order valence-corrected chi connectivity index (χ0v) is 13.5. The van der Waals surface area contributed by atoms with Crippen LogP contribution < -0.4 is 5.32 Å². The van der Waals surface area contributed by atoms with Crippen LogP contribution in [0.4, 0.5) is 0 Å². The summed E-state index contributed by atoms with van der Waals surface area (Å²) in [5.41, 5.74) is 0.168. The minimum Gasteiger partial charge on any atom is -0.481 e. The highest BCUT2D eigenvalue weighted by Gasteiger charge is 2.42. The van der Waals surface area contributed by atoms with Gasteiger partial charge >= 0.3 is 5.97 Å². The molecule has 1 aliphatic carbocycles. The third-order valence-electron chi connectivity index (χ3n) is 4.66. The van der Waals surface area contributed by atoms with Gasteiger partial charge in [0, 0.05) is 5.56 Å². The Balaban J connectivity index is 1.77. The first-order valence-corrected chi connectivity index (χ1v) is 8.06. The molecule has 126 valence electrons. The van der Waals surface area contributed by atoms with Gasteiger partial charge in [-0.05, 0) is 31.9 Å². The van der Waals surface area contributed by atoms with E-state index >= 15 is 0 Å². The summed E-state index contributed by atoms with van der Waals surface area (Å²) in [7, 11) is 0. The number of carbonyl (C=O) groups excluding carboxylic acids is 1. The summed E-state index contributed by atoms with van der Waals surface area (Å²) in [6.45, 7) is 1.79. The van der Waals surface area contributed by atoms with Crippen LogP contribution in [0.5, 0.6) is 0 Å². The van der Waals surface area contributed by atoms with Gasteiger partial charge in [0.15, 0.2) is 5.69 Å². The number of hydrogen-bond acceptors (Lipinski definition) is 4. The van der Waals surface area contributed by atoms with Gasteiger partial charge in [0.2, 0.25) is 5.89 Å². The van der Waals surface area contributed by atoms with Crippen LogP contribution in [-0.2, 0) is 4.79 Å². The molecule has 0 radical (unpaired) electrons. The molecule has 1 fully saturated rings. The van der Waals surface area contributed by atoms with E-state index in [9.17, 15) is 14.7 Å². The van der Waals surface area contributed by atoms with Crippen molar-refractivity contribution in [2.24, 2.45) is 5.92 Å². The fourth-order valence-corrected chi connectivity index (χ4v) is 3.29. The van der Waals surface area contributed by atoms with Gasteiger partial charge in [-0.1, -0.05) is 31.0 Å². The molecule has 6 heteroatoms. The topological polar surface area (TPSA) is 92.4 Å². The molecule has 3 rings (SSSR count). The Bertz CT molecular complexity index is 740. The zero-order chi connectivity index (χ0) is 17.2. The molecule has 0 aliphatic heterocycles. The maximum absolute atomic E-state index is 12.5. The summed E-state index contributed by atoms with van der Waals surface area (Å²) in [5.74, 6) is -1.50. The molecule has 1 aromatic heterocycles. The minimum absolute atomic E-state index is 0.157. The highest BCUT2D eigenvalue weighted by molar-refractivity contribution is 5.93. The molecular formula is C18H20N2O4. The lowest BCUT2D eigenvalue weighted by molar-refractivity contribution is -0.145. The number of nitrogens with zero attached hydrogens (tertiary/aromatic N) is 1. The van der Waals surface area contributed by atoms with Gasteiger partial charge in [0.05, 0.1) is 11.5 Å². The number of aromatic nitrogens is 1. The van der Waals surface area contributed by atoms with Crippen LogP contribution in [0.1, 0.15) is 43.1 Å². The Morgan fingerprint density at radius 2 is 2.04 bits per heavy atom. The maximum atomic E-state index is 12.5. The third-order valence-corrected chi connectivity index (χ3v) is 4.66. The van der Waals surface area contributed by atoms with Gasteiger partial charge in [-0.15, -0.1) is 0 Å². The van der Waals surface area contributed by atoms with Crippen LogP contribution in [0.25, 0.3) is 11.5 Å². The van der Waals surface area contributed by atoms with E-state index in [1.807, 2.05) is 30.3 Å². The van der Waals surface area contributed by atoms with Crippen molar-refractivity contribution in [1.82, 2.24) is 10.3 Å². The fraction of sp³-hybridized carbons (Fsp3) is 0.389. The second-order valence-corrected chi connectivity index (χ2v) is 6.41. The first kappa shape index (κ1) is 16.2. The van der Waals surface area contributed by atoms with E-state index in [4.69, 9.17) is 4.42 Å². The molecule has 1 aromatic carbocycles. The Labute approximate surface area is 139 Å². The largest absolute Gasteiger partial charge is 0.481 e.